The van der Waals surface area contributed by atoms with E-state index in [4.69, 9.17) is 0 Å². The molecule has 0 bridgehead atoms. The molecule has 1 aromatic rings. The quantitative estimate of drug-likeness (QED) is 0.308. The van der Waals surface area contributed by atoms with E-state index in [1.54, 1.807) is 6.92 Å². The third-order valence-corrected chi connectivity index (χ3v) is 3.39. The molecule has 6 heteroatoms. The zero-order valence-corrected chi connectivity index (χ0v) is 12.2. The molecule has 0 saturated carbocycles. The number of benzene rings is 1. The molecule has 120 valence electrons. The fourth-order valence-corrected chi connectivity index (χ4v) is 2.30. The highest BCUT2D eigenvalue weighted by Crippen LogP contribution is 2.30. The molecule has 0 aliphatic rings. The minimum atomic E-state index is -2.12. The summed E-state index contributed by atoms with van der Waals surface area (Å²) in [6.45, 7) is 4.11. The van der Waals surface area contributed by atoms with Crippen LogP contribution >= 0.6 is 0 Å². The lowest BCUT2D eigenvalue weighted by molar-refractivity contribution is 0.350. The minimum Gasteiger partial charge on any atom is -0.310 e. The van der Waals surface area contributed by atoms with Crippen LogP contribution in [0.2, 0.25) is 0 Å². The Balaban J connectivity index is 3.07. The highest BCUT2D eigenvalue weighted by molar-refractivity contribution is 5.27. The summed E-state index contributed by atoms with van der Waals surface area (Å²) in [6, 6.07) is -0.878. The molecule has 1 nitrogen and oxygen atoms in total. The van der Waals surface area contributed by atoms with Gasteiger partial charge in [-0.3, -0.25) is 0 Å². The first kappa shape index (κ1) is 17.9. The van der Waals surface area contributed by atoms with Gasteiger partial charge in [-0.05, 0) is 13.0 Å². The number of hydrogen-bond acceptors (Lipinski definition) is 1. The summed E-state index contributed by atoms with van der Waals surface area (Å²) in [5, 5.41) is 2.80. The molecule has 1 rings (SSSR count). The fourth-order valence-electron chi connectivity index (χ4n) is 2.30. The maximum Gasteiger partial charge on any atom is 0.200 e. The number of unbranched alkanes of at least 4 members (excludes halogenated alkanes) is 3. The van der Waals surface area contributed by atoms with Crippen LogP contribution in [0.4, 0.5) is 22.0 Å². The number of nitrogens with one attached hydrogen (secondary N) is 1. The fraction of sp³-hybridized carbons (Fsp3) is 0.600. The van der Waals surface area contributed by atoms with Crippen molar-refractivity contribution in [2.45, 2.75) is 52.0 Å². The lowest BCUT2D eigenvalue weighted by atomic mass is 9.98. The Kier molecular flexibility index (Phi) is 7.08. The molecule has 0 saturated heterocycles. The van der Waals surface area contributed by atoms with Crippen molar-refractivity contribution in [2.24, 2.45) is 0 Å². The summed E-state index contributed by atoms with van der Waals surface area (Å²) in [5.74, 6) is -9.38. The standard InChI is InChI=1S/C15H20F5N/c1-3-5-6-7-8-9(21-4-2)10-11(16)13(18)15(20)14(19)12(10)17/h9,21H,3-8H2,1-2H3. The van der Waals surface area contributed by atoms with Crippen molar-refractivity contribution in [2.75, 3.05) is 6.54 Å². The van der Waals surface area contributed by atoms with E-state index in [1.165, 1.54) is 0 Å². The predicted octanol–water partition coefficient (Wildman–Crippen LogP) is 5.00. The maximum absolute atomic E-state index is 13.8. The topological polar surface area (TPSA) is 12.0 Å². The molecule has 0 amide bonds. The van der Waals surface area contributed by atoms with Gasteiger partial charge < -0.3 is 5.32 Å². The molecule has 0 fully saturated rings. The number of halogens is 5. The van der Waals surface area contributed by atoms with Gasteiger partial charge in [0.1, 0.15) is 0 Å². The third kappa shape index (κ3) is 4.15. The van der Waals surface area contributed by atoms with Crippen LogP contribution in [0.15, 0.2) is 0 Å². The average molecular weight is 309 g/mol. The minimum absolute atomic E-state index is 0.326. The predicted molar refractivity (Wildman–Crippen MR) is 71.4 cm³/mol. The third-order valence-electron chi connectivity index (χ3n) is 3.39. The highest BCUT2D eigenvalue weighted by Gasteiger charge is 2.29. The van der Waals surface area contributed by atoms with Crippen LogP contribution in [-0.4, -0.2) is 6.54 Å². The van der Waals surface area contributed by atoms with Gasteiger partial charge in [-0.25, -0.2) is 22.0 Å². The van der Waals surface area contributed by atoms with E-state index in [1.807, 2.05) is 6.92 Å². The maximum atomic E-state index is 13.8. The SMILES string of the molecule is CCCCCCC(NCC)c1c(F)c(F)c(F)c(F)c1F. The first-order valence-electron chi connectivity index (χ1n) is 7.20. The van der Waals surface area contributed by atoms with E-state index in [0.717, 1.165) is 19.3 Å². The van der Waals surface area contributed by atoms with Gasteiger partial charge in [0.25, 0.3) is 0 Å². The monoisotopic (exact) mass is 309 g/mol. The molecule has 1 aromatic carbocycles. The van der Waals surface area contributed by atoms with E-state index >= 15 is 0 Å². The summed E-state index contributed by atoms with van der Waals surface area (Å²) < 4.78 is 67.1. The van der Waals surface area contributed by atoms with Gasteiger partial charge in [0.2, 0.25) is 5.82 Å². The van der Waals surface area contributed by atoms with Crippen molar-refractivity contribution in [3.8, 4) is 0 Å². The average Bonchev–Trinajstić information content (AvgIpc) is 2.47. The molecule has 1 atom stereocenters. The van der Waals surface area contributed by atoms with Crippen LogP contribution in [0.25, 0.3) is 0 Å². The molecule has 0 radical (unpaired) electrons. The Morgan fingerprint density at radius 3 is 1.76 bits per heavy atom. The summed E-state index contributed by atoms with van der Waals surface area (Å²) in [7, 11) is 0. The Hall–Kier alpha value is -1.17. The van der Waals surface area contributed by atoms with Crippen molar-refractivity contribution in [1.82, 2.24) is 5.32 Å². The smallest absolute Gasteiger partial charge is 0.200 e. The Morgan fingerprint density at radius 2 is 1.29 bits per heavy atom. The molecular weight excluding hydrogens is 289 g/mol. The molecule has 0 aromatic heterocycles. The van der Waals surface area contributed by atoms with Gasteiger partial charge in [-0.15, -0.1) is 0 Å². The molecule has 21 heavy (non-hydrogen) atoms. The van der Waals surface area contributed by atoms with Crippen LogP contribution in [-0.2, 0) is 0 Å². The number of hydrogen-bond donors (Lipinski definition) is 1. The second kappa shape index (κ2) is 8.32. The van der Waals surface area contributed by atoms with Gasteiger partial charge in [0.15, 0.2) is 23.3 Å². The van der Waals surface area contributed by atoms with E-state index in [-0.39, 0.29) is 0 Å². The largest absolute Gasteiger partial charge is 0.310 e. The van der Waals surface area contributed by atoms with E-state index in [9.17, 15) is 22.0 Å². The lowest BCUT2D eigenvalue weighted by Crippen LogP contribution is -2.24. The van der Waals surface area contributed by atoms with Crippen LogP contribution in [0.1, 0.15) is 57.6 Å². The molecule has 0 aliphatic carbocycles. The summed E-state index contributed by atoms with van der Waals surface area (Å²) >= 11 is 0. The zero-order valence-electron chi connectivity index (χ0n) is 12.2. The van der Waals surface area contributed by atoms with Crippen molar-refractivity contribution in [3.05, 3.63) is 34.6 Å². The van der Waals surface area contributed by atoms with Crippen molar-refractivity contribution >= 4 is 0 Å². The molecule has 1 unspecified atom stereocenters. The van der Waals surface area contributed by atoms with Gasteiger partial charge in [-0.1, -0.05) is 39.5 Å². The Bertz CT molecular complexity index is 447. The van der Waals surface area contributed by atoms with E-state index in [2.05, 4.69) is 5.32 Å². The highest BCUT2D eigenvalue weighted by atomic mass is 19.2. The summed E-state index contributed by atoms with van der Waals surface area (Å²) in [5.41, 5.74) is -0.759. The van der Waals surface area contributed by atoms with Gasteiger partial charge in [0.05, 0.1) is 0 Å². The molecule has 1 N–H and O–H groups in total. The molecule has 0 spiro atoms. The first-order chi connectivity index (χ1) is 9.95. The van der Waals surface area contributed by atoms with Gasteiger partial charge in [0, 0.05) is 11.6 Å². The van der Waals surface area contributed by atoms with Crippen LogP contribution in [0.5, 0.6) is 0 Å². The zero-order chi connectivity index (χ0) is 16.0. The van der Waals surface area contributed by atoms with Crippen LogP contribution in [0, 0.1) is 29.1 Å². The van der Waals surface area contributed by atoms with Gasteiger partial charge in [-0.2, -0.15) is 0 Å². The van der Waals surface area contributed by atoms with Crippen LogP contribution < -0.4 is 5.32 Å². The van der Waals surface area contributed by atoms with E-state index < -0.39 is 40.7 Å². The molecule has 0 aliphatic heterocycles. The van der Waals surface area contributed by atoms with Gasteiger partial charge >= 0.3 is 0 Å². The Labute approximate surface area is 121 Å². The normalized spacial score (nSPS) is 12.7. The summed E-state index contributed by atoms with van der Waals surface area (Å²) in [6.07, 6.45) is 3.80. The molecular formula is C15H20F5N. The Morgan fingerprint density at radius 1 is 0.762 bits per heavy atom. The van der Waals surface area contributed by atoms with Crippen LogP contribution in [0.3, 0.4) is 0 Å². The van der Waals surface area contributed by atoms with E-state index in [0.29, 0.717) is 19.4 Å². The second-order valence-corrected chi connectivity index (χ2v) is 4.94. The van der Waals surface area contributed by atoms with Crippen molar-refractivity contribution in [1.29, 1.82) is 0 Å². The van der Waals surface area contributed by atoms with Crippen molar-refractivity contribution < 1.29 is 22.0 Å². The second-order valence-electron chi connectivity index (χ2n) is 4.94. The first-order valence-corrected chi connectivity index (χ1v) is 7.20. The molecule has 0 heterocycles. The number of rotatable bonds is 8. The summed E-state index contributed by atoms with van der Waals surface area (Å²) in [4.78, 5) is 0. The lowest BCUT2D eigenvalue weighted by Gasteiger charge is -2.20. The van der Waals surface area contributed by atoms with Crippen molar-refractivity contribution in [3.63, 3.8) is 0 Å².